The number of nitrogens with zero attached hydrogens (tertiary/aromatic N) is 1. The Morgan fingerprint density at radius 1 is 0.906 bits per heavy atom. The largest absolute Gasteiger partial charge is 0.493 e. The van der Waals surface area contributed by atoms with Crippen LogP contribution in [0.5, 0.6) is 11.5 Å². The van der Waals surface area contributed by atoms with Crippen LogP contribution in [-0.2, 0) is 4.79 Å². The smallest absolute Gasteiger partial charge is 0.258 e. The van der Waals surface area contributed by atoms with E-state index < -0.39 is 0 Å². The van der Waals surface area contributed by atoms with Gasteiger partial charge in [0.15, 0.2) is 16.6 Å². The zero-order valence-corrected chi connectivity index (χ0v) is 18.6. The number of amides is 1. The van der Waals surface area contributed by atoms with Crippen LogP contribution in [0.3, 0.4) is 0 Å². The lowest BCUT2D eigenvalue weighted by Gasteiger charge is -2.10. The highest BCUT2D eigenvalue weighted by Gasteiger charge is 2.15. The van der Waals surface area contributed by atoms with Crippen molar-refractivity contribution in [3.05, 3.63) is 95.4 Å². The van der Waals surface area contributed by atoms with Crippen LogP contribution in [0, 0.1) is 0 Å². The Balaban J connectivity index is 1.65. The first-order chi connectivity index (χ1) is 15.7. The number of rotatable bonds is 7. The SMILES string of the molecule is COc1ccc(/C=C(/C(=O)Nc2nc(-c3ccccc3)cs2)c2ccccc2)cc1OC. The van der Waals surface area contributed by atoms with Crippen LogP contribution >= 0.6 is 11.3 Å². The minimum atomic E-state index is -0.236. The number of nitrogens with one attached hydrogen (secondary N) is 1. The van der Waals surface area contributed by atoms with Crippen LogP contribution in [0.4, 0.5) is 5.13 Å². The summed E-state index contributed by atoms with van der Waals surface area (Å²) in [5.41, 5.74) is 3.99. The minimum absolute atomic E-state index is 0.236. The van der Waals surface area contributed by atoms with Crippen molar-refractivity contribution in [3.63, 3.8) is 0 Å². The van der Waals surface area contributed by atoms with Gasteiger partial charge < -0.3 is 9.47 Å². The molecule has 1 heterocycles. The Bertz CT molecular complexity index is 1230. The monoisotopic (exact) mass is 442 g/mol. The Kier molecular flexibility index (Phi) is 6.63. The number of hydrogen-bond donors (Lipinski definition) is 1. The molecule has 4 aromatic rings. The van der Waals surface area contributed by atoms with Crippen LogP contribution in [0.15, 0.2) is 84.2 Å². The molecule has 1 aromatic heterocycles. The second kappa shape index (κ2) is 9.94. The average Bonchev–Trinajstić information content (AvgIpc) is 3.31. The first-order valence-electron chi connectivity index (χ1n) is 9.99. The highest BCUT2D eigenvalue weighted by Crippen LogP contribution is 2.30. The van der Waals surface area contributed by atoms with E-state index in [-0.39, 0.29) is 5.91 Å². The van der Waals surface area contributed by atoms with E-state index in [0.29, 0.717) is 22.2 Å². The maximum absolute atomic E-state index is 13.3. The summed E-state index contributed by atoms with van der Waals surface area (Å²) in [6, 6.07) is 25.0. The quantitative estimate of drug-likeness (QED) is 0.281. The summed E-state index contributed by atoms with van der Waals surface area (Å²) in [7, 11) is 3.18. The lowest BCUT2D eigenvalue weighted by atomic mass is 10.0. The Morgan fingerprint density at radius 3 is 2.28 bits per heavy atom. The second-order valence-corrected chi connectivity index (χ2v) is 7.75. The summed E-state index contributed by atoms with van der Waals surface area (Å²) < 4.78 is 10.7. The molecule has 0 radical (unpaired) electrons. The van der Waals surface area contributed by atoms with Gasteiger partial charge in [-0.3, -0.25) is 10.1 Å². The van der Waals surface area contributed by atoms with Crippen molar-refractivity contribution >= 4 is 34.0 Å². The number of carbonyl (C=O) groups excluding carboxylic acids is 1. The molecule has 5 nitrogen and oxygen atoms in total. The van der Waals surface area contributed by atoms with Crippen LogP contribution in [0.1, 0.15) is 11.1 Å². The van der Waals surface area contributed by atoms with Crippen molar-refractivity contribution in [1.29, 1.82) is 0 Å². The molecule has 0 aliphatic carbocycles. The van der Waals surface area contributed by atoms with Crippen molar-refractivity contribution in [2.45, 2.75) is 0 Å². The third kappa shape index (κ3) is 4.87. The van der Waals surface area contributed by atoms with Crippen LogP contribution in [-0.4, -0.2) is 25.1 Å². The molecule has 6 heteroatoms. The number of aromatic nitrogens is 1. The summed E-state index contributed by atoms with van der Waals surface area (Å²) in [5, 5.41) is 5.43. The molecular weight excluding hydrogens is 420 g/mol. The normalized spacial score (nSPS) is 11.1. The number of ether oxygens (including phenoxy) is 2. The van der Waals surface area contributed by atoms with Gasteiger partial charge in [-0.25, -0.2) is 4.98 Å². The molecule has 0 aliphatic heterocycles. The van der Waals surface area contributed by atoms with Crippen molar-refractivity contribution in [2.24, 2.45) is 0 Å². The topological polar surface area (TPSA) is 60.5 Å². The molecule has 0 unspecified atom stereocenters. The molecule has 0 atom stereocenters. The van der Waals surface area contributed by atoms with Crippen molar-refractivity contribution in [2.75, 3.05) is 19.5 Å². The first-order valence-corrected chi connectivity index (χ1v) is 10.9. The molecule has 0 bridgehead atoms. The fraction of sp³-hybridized carbons (Fsp3) is 0.0769. The van der Waals surface area contributed by atoms with Gasteiger partial charge in [0, 0.05) is 16.5 Å². The van der Waals surface area contributed by atoms with Crippen LogP contribution in [0.2, 0.25) is 0 Å². The maximum atomic E-state index is 13.3. The summed E-state index contributed by atoms with van der Waals surface area (Å²) in [6.07, 6.45) is 1.83. The molecule has 4 rings (SSSR count). The average molecular weight is 443 g/mol. The van der Waals surface area contributed by atoms with Gasteiger partial charge >= 0.3 is 0 Å². The van der Waals surface area contributed by atoms with Gasteiger partial charge in [-0.15, -0.1) is 11.3 Å². The van der Waals surface area contributed by atoms with E-state index in [2.05, 4.69) is 10.3 Å². The molecular formula is C26H22N2O3S. The number of thiazole rings is 1. The lowest BCUT2D eigenvalue weighted by molar-refractivity contribution is -0.111. The molecule has 0 fully saturated rings. The zero-order chi connectivity index (χ0) is 22.3. The van der Waals surface area contributed by atoms with Crippen molar-refractivity contribution in [3.8, 4) is 22.8 Å². The van der Waals surface area contributed by atoms with Gasteiger partial charge in [0.2, 0.25) is 0 Å². The lowest BCUT2D eigenvalue weighted by Crippen LogP contribution is -2.13. The van der Waals surface area contributed by atoms with Gasteiger partial charge in [-0.2, -0.15) is 0 Å². The first kappa shape index (κ1) is 21.3. The van der Waals surface area contributed by atoms with E-state index in [1.807, 2.05) is 90.3 Å². The molecule has 0 aliphatic rings. The number of methoxy groups -OCH3 is 2. The van der Waals surface area contributed by atoms with Crippen LogP contribution in [0.25, 0.3) is 22.9 Å². The summed E-state index contributed by atoms with van der Waals surface area (Å²) >= 11 is 1.40. The fourth-order valence-corrected chi connectivity index (χ4v) is 3.96. The molecule has 3 aromatic carbocycles. The number of hydrogen-bond acceptors (Lipinski definition) is 5. The van der Waals surface area contributed by atoms with Gasteiger partial charge in [0.1, 0.15) is 0 Å². The molecule has 0 saturated heterocycles. The standard InChI is InChI=1S/C26H22N2O3S/c1-30-23-14-13-18(16-24(23)31-2)15-21(19-9-5-3-6-10-19)25(29)28-26-27-22(17-32-26)20-11-7-4-8-12-20/h3-17H,1-2H3,(H,27,28,29)/b21-15+. The van der Waals surface area contributed by atoms with E-state index in [1.54, 1.807) is 14.2 Å². The molecule has 0 saturated carbocycles. The Labute approximate surface area is 191 Å². The van der Waals surface area contributed by atoms with Gasteiger partial charge in [0.05, 0.1) is 19.9 Å². The van der Waals surface area contributed by atoms with E-state index >= 15 is 0 Å². The third-order valence-corrected chi connectivity index (χ3v) is 5.60. The predicted molar refractivity (Wildman–Crippen MR) is 130 cm³/mol. The van der Waals surface area contributed by atoms with Gasteiger partial charge in [-0.1, -0.05) is 66.7 Å². The van der Waals surface area contributed by atoms with E-state index in [9.17, 15) is 4.79 Å². The zero-order valence-electron chi connectivity index (χ0n) is 17.7. The van der Waals surface area contributed by atoms with Gasteiger partial charge in [-0.05, 0) is 29.3 Å². The minimum Gasteiger partial charge on any atom is -0.493 e. The summed E-state index contributed by atoms with van der Waals surface area (Å²) in [5.74, 6) is 0.994. The highest BCUT2D eigenvalue weighted by molar-refractivity contribution is 7.14. The van der Waals surface area contributed by atoms with Crippen molar-refractivity contribution in [1.82, 2.24) is 4.98 Å². The summed E-state index contributed by atoms with van der Waals surface area (Å²) in [6.45, 7) is 0. The highest BCUT2D eigenvalue weighted by atomic mass is 32.1. The second-order valence-electron chi connectivity index (χ2n) is 6.90. The van der Waals surface area contributed by atoms with Gasteiger partial charge in [0.25, 0.3) is 5.91 Å². The van der Waals surface area contributed by atoms with E-state index in [0.717, 1.165) is 22.4 Å². The van der Waals surface area contributed by atoms with Crippen LogP contribution < -0.4 is 14.8 Å². The maximum Gasteiger partial charge on any atom is 0.258 e. The predicted octanol–water partition coefficient (Wildman–Crippen LogP) is 6.01. The molecule has 160 valence electrons. The molecule has 1 amide bonds. The summed E-state index contributed by atoms with van der Waals surface area (Å²) in [4.78, 5) is 17.8. The molecule has 1 N–H and O–H groups in total. The number of carbonyl (C=O) groups is 1. The Morgan fingerprint density at radius 2 is 1.59 bits per heavy atom. The third-order valence-electron chi connectivity index (χ3n) is 4.84. The number of anilines is 1. The van der Waals surface area contributed by atoms with E-state index in [4.69, 9.17) is 9.47 Å². The fourth-order valence-electron chi connectivity index (χ4n) is 3.24. The van der Waals surface area contributed by atoms with Crippen molar-refractivity contribution < 1.29 is 14.3 Å². The number of benzene rings is 3. The van der Waals surface area contributed by atoms with E-state index in [1.165, 1.54) is 11.3 Å². The Hall–Kier alpha value is -3.90. The molecule has 0 spiro atoms. The molecule has 32 heavy (non-hydrogen) atoms.